The molecule has 0 saturated carbocycles. The molecule has 1 unspecified atom stereocenters. The molecule has 0 amide bonds. The molecule has 0 saturated heterocycles. The van der Waals surface area contributed by atoms with Crippen LogP contribution < -0.4 is 5.32 Å². The van der Waals surface area contributed by atoms with E-state index in [0.717, 1.165) is 6.54 Å². The Labute approximate surface area is 144 Å². The molecule has 0 aromatic carbocycles. The second-order valence-electron chi connectivity index (χ2n) is 5.94. The van der Waals surface area contributed by atoms with Gasteiger partial charge in [-0.1, -0.05) is 65.2 Å². The van der Waals surface area contributed by atoms with Gasteiger partial charge in [0.05, 0.1) is 0 Å². The van der Waals surface area contributed by atoms with Gasteiger partial charge >= 0.3 is 0 Å². The first-order chi connectivity index (χ1) is 10.3. The Morgan fingerprint density at radius 2 is 1.67 bits per heavy atom. The topological polar surface area (TPSA) is 12.0 Å². The quantitative estimate of drug-likeness (QED) is 0.364. The third kappa shape index (κ3) is 9.00. The summed E-state index contributed by atoms with van der Waals surface area (Å²) in [5, 5.41) is 5.91. The van der Waals surface area contributed by atoms with E-state index in [1.807, 2.05) is 11.3 Å². The lowest BCUT2D eigenvalue weighted by Crippen LogP contribution is -2.21. The van der Waals surface area contributed by atoms with Crippen molar-refractivity contribution in [1.29, 1.82) is 0 Å². The van der Waals surface area contributed by atoms with E-state index < -0.39 is 0 Å². The maximum absolute atomic E-state index is 3.71. The first-order valence-corrected chi connectivity index (χ1v) is 10.4. The SMILES string of the molecule is CCCCCCCCCCC(NCCC)c1cc(Br)cs1. The second kappa shape index (κ2) is 12.7. The summed E-state index contributed by atoms with van der Waals surface area (Å²) in [5.74, 6) is 0. The molecular formula is C18H32BrNS. The van der Waals surface area contributed by atoms with Crippen LogP contribution in [0.25, 0.3) is 0 Å². The normalized spacial score (nSPS) is 12.7. The van der Waals surface area contributed by atoms with E-state index in [-0.39, 0.29) is 0 Å². The molecule has 1 nitrogen and oxygen atoms in total. The second-order valence-corrected chi connectivity index (χ2v) is 7.80. The van der Waals surface area contributed by atoms with Gasteiger partial charge < -0.3 is 5.32 Å². The minimum absolute atomic E-state index is 0.557. The zero-order chi connectivity index (χ0) is 15.3. The van der Waals surface area contributed by atoms with Gasteiger partial charge in [0.2, 0.25) is 0 Å². The molecule has 122 valence electrons. The molecule has 1 aromatic rings. The van der Waals surface area contributed by atoms with Crippen LogP contribution in [-0.2, 0) is 0 Å². The zero-order valence-electron chi connectivity index (χ0n) is 13.8. The number of halogens is 1. The molecule has 21 heavy (non-hydrogen) atoms. The average Bonchev–Trinajstić information content (AvgIpc) is 2.91. The number of nitrogens with one attached hydrogen (secondary N) is 1. The van der Waals surface area contributed by atoms with Crippen LogP contribution in [0.4, 0.5) is 0 Å². The highest BCUT2D eigenvalue weighted by molar-refractivity contribution is 9.10. The predicted molar refractivity (Wildman–Crippen MR) is 100 cm³/mol. The Bertz CT molecular complexity index is 351. The van der Waals surface area contributed by atoms with Gasteiger partial charge in [0.15, 0.2) is 0 Å². The monoisotopic (exact) mass is 373 g/mol. The Balaban J connectivity index is 2.18. The largest absolute Gasteiger partial charge is 0.309 e. The van der Waals surface area contributed by atoms with Gasteiger partial charge in [0, 0.05) is 20.8 Å². The summed E-state index contributed by atoms with van der Waals surface area (Å²) < 4.78 is 1.22. The van der Waals surface area contributed by atoms with Crippen molar-refractivity contribution in [3.8, 4) is 0 Å². The van der Waals surface area contributed by atoms with Crippen LogP contribution in [0.15, 0.2) is 15.9 Å². The molecule has 1 heterocycles. The molecule has 0 fully saturated rings. The van der Waals surface area contributed by atoms with Gasteiger partial charge in [-0.25, -0.2) is 0 Å². The Morgan fingerprint density at radius 3 is 2.24 bits per heavy atom. The van der Waals surface area contributed by atoms with E-state index >= 15 is 0 Å². The maximum Gasteiger partial charge on any atom is 0.0415 e. The molecule has 0 aliphatic carbocycles. The van der Waals surface area contributed by atoms with Crippen molar-refractivity contribution in [3.63, 3.8) is 0 Å². The fraction of sp³-hybridized carbons (Fsp3) is 0.778. The molecule has 1 aromatic heterocycles. The summed E-state index contributed by atoms with van der Waals surface area (Å²) in [4.78, 5) is 1.48. The van der Waals surface area contributed by atoms with Gasteiger partial charge in [0.25, 0.3) is 0 Å². The minimum atomic E-state index is 0.557. The van der Waals surface area contributed by atoms with Crippen LogP contribution in [0, 0.1) is 0 Å². The van der Waals surface area contributed by atoms with Crippen molar-refractivity contribution in [1.82, 2.24) is 5.32 Å². The van der Waals surface area contributed by atoms with Crippen LogP contribution in [0.2, 0.25) is 0 Å². The van der Waals surface area contributed by atoms with Crippen molar-refractivity contribution >= 4 is 27.3 Å². The summed E-state index contributed by atoms with van der Waals surface area (Å²) in [6.07, 6.45) is 13.7. The van der Waals surface area contributed by atoms with Crippen molar-refractivity contribution in [2.75, 3.05) is 6.54 Å². The minimum Gasteiger partial charge on any atom is -0.309 e. The molecule has 1 atom stereocenters. The van der Waals surface area contributed by atoms with Gasteiger partial charge in [-0.15, -0.1) is 11.3 Å². The highest BCUT2D eigenvalue weighted by atomic mass is 79.9. The molecule has 3 heteroatoms. The first-order valence-electron chi connectivity index (χ1n) is 8.75. The van der Waals surface area contributed by atoms with E-state index in [2.05, 4.69) is 46.5 Å². The molecule has 1 rings (SSSR count). The Hall–Kier alpha value is 0.140. The van der Waals surface area contributed by atoms with Crippen molar-refractivity contribution in [2.24, 2.45) is 0 Å². The van der Waals surface area contributed by atoms with Gasteiger partial charge in [-0.2, -0.15) is 0 Å². The number of unbranched alkanes of at least 4 members (excludes halogenated alkanes) is 7. The average molecular weight is 374 g/mol. The van der Waals surface area contributed by atoms with E-state index in [4.69, 9.17) is 0 Å². The van der Waals surface area contributed by atoms with Crippen molar-refractivity contribution in [2.45, 2.75) is 84.1 Å². The van der Waals surface area contributed by atoms with E-state index in [0.29, 0.717) is 6.04 Å². The van der Waals surface area contributed by atoms with Crippen LogP contribution in [0.1, 0.15) is 89.0 Å². The summed E-state index contributed by atoms with van der Waals surface area (Å²) in [7, 11) is 0. The predicted octanol–water partition coefficient (Wildman–Crippen LogP) is 7.08. The fourth-order valence-electron chi connectivity index (χ4n) is 2.66. The van der Waals surface area contributed by atoms with E-state index in [1.165, 1.54) is 73.6 Å². The van der Waals surface area contributed by atoms with E-state index in [1.54, 1.807) is 0 Å². The molecule has 0 spiro atoms. The standard InChI is InChI=1S/C18H32BrNS/c1-3-5-6-7-8-9-10-11-12-17(20-13-4-2)18-14-16(19)15-21-18/h14-15,17,20H,3-13H2,1-2H3. The highest BCUT2D eigenvalue weighted by Gasteiger charge is 2.12. The smallest absolute Gasteiger partial charge is 0.0415 e. The summed E-state index contributed by atoms with van der Waals surface area (Å²) in [6.45, 7) is 5.65. The molecule has 0 aliphatic heterocycles. The van der Waals surface area contributed by atoms with Crippen LogP contribution in [0.3, 0.4) is 0 Å². The van der Waals surface area contributed by atoms with Crippen LogP contribution in [-0.4, -0.2) is 6.54 Å². The molecule has 0 aliphatic rings. The highest BCUT2D eigenvalue weighted by Crippen LogP contribution is 2.29. The number of thiophene rings is 1. The first kappa shape index (κ1) is 19.2. The van der Waals surface area contributed by atoms with Crippen LogP contribution in [0.5, 0.6) is 0 Å². The molecular weight excluding hydrogens is 342 g/mol. The van der Waals surface area contributed by atoms with Gasteiger partial charge in [0.1, 0.15) is 0 Å². The molecule has 1 N–H and O–H groups in total. The lowest BCUT2D eigenvalue weighted by Gasteiger charge is -2.17. The van der Waals surface area contributed by atoms with Crippen LogP contribution >= 0.6 is 27.3 Å². The van der Waals surface area contributed by atoms with Crippen molar-refractivity contribution < 1.29 is 0 Å². The number of hydrogen-bond acceptors (Lipinski definition) is 2. The van der Waals surface area contributed by atoms with Gasteiger partial charge in [-0.05, 0) is 41.4 Å². The maximum atomic E-state index is 3.71. The van der Waals surface area contributed by atoms with E-state index in [9.17, 15) is 0 Å². The Kier molecular flexibility index (Phi) is 11.6. The molecule has 0 bridgehead atoms. The van der Waals surface area contributed by atoms with Crippen molar-refractivity contribution in [3.05, 3.63) is 20.8 Å². The third-order valence-corrected chi connectivity index (χ3v) is 5.73. The lowest BCUT2D eigenvalue weighted by molar-refractivity contribution is 0.470. The summed E-state index contributed by atoms with van der Waals surface area (Å²) in [5.41, 5.74) is 0. The van der Waals surface area contributed by atoms with Gasteiger partial charge in [-0.3, -0.25) is 0 Å². The number of rotatable bonds is 13. The summed E-state index contributed by atoms with van der Waals surface area (Å²) in [6, 6.07) is 2.84. The summed E-state index contributed by atoms with van der Waals surface area (Å²) >= 11 is 5.45. The molecule has 0 radical (unpaired) electrons. The number of hydrogen-bond donors (Lipinski definition) is 1. The third-order valence-electron chi connectivity index (χ3n) is 3.92. The zero-order valence-corrected chi connectivity index (χ0v) is 16.2. The lowest BCUT2D eigenvalue weighted by atomic mass is 10.0. The fourth-order valence-corrected chi connectivity index (χ4v) is 4.21. The Morgan fingerprint density at radius 1 is 1.00 bits per heavy atom.